The van der Waals surface area contributed by atoms with Crippen LogP contribution < -0.4 is 4.74 Å². The van der Waals surface area contributed by atoms with Crippen LogP contribution in [0.3, 0.4) is 0 Å². The molecule has 1 aliphatic heterocycles. The van der Waals surface area contributed by atoms with Crippen molar-refractivity contribution in [3.63, 3.8) is 0 Å². The van der Waals surface area contributed by atoms with Gasteiger partial charge in [-0.1, -0.05) is 78.5 Å². The van der Waals surface area contributed by atoms with Gasteiger partial charge in [0.2, 0.25) is 5.91 Å². The predicted octanol–water partition coefficient (Wildman–Crippen LogP) is 5.16. The van der Waals surface area contributed by atoms with E-state index in [4.69, 9.17) is 4.74 Å². The number of carbonyl (C=O) groups is 1. The molecule has 1 aliphatic rings. The van der Waals surface area contributed by atoms with Crippen LogP contribution in [0.4, 0.5) is 0 Å². The lowest BCUT2D eigenvalue weighted by atomic mass is 10.1. The van der Waals surface area contributed by atoms with Crippen LogP contribution in [0.25, 0.3) is 10.8 Å². The highest BCUT2D eigenvalue weighted by molar-refractivity contribution is 7.99. The SMILES string of the molecule is O=C(CSc1nnc(COc2cccc3ccccc23)n1Cc1ccccc1)N1CCCCC1. The fourth-order valence-electron chi connectivity index (χ4n) is 4.28. The van der Waals surface area contributed by atoms with Gasteiger partial charge in [-0.25, -0.2) is 0 Å². The number of fused-ring (bicyclic) bond motifs is 1. The summed E-state index contributed by atoms with van der Waals surface area (Å²) in [6, 6.07) is 24.5. The summed E-state index contributed by atoms with van der Waals surface area (Å²) in [5.41, 5.74) is 1.15. The van der Waals surface area contributed by atoms with Crippen molar-refractivity contribution in [2.45, 2.75) is 37.6 Å². The van der Waals surface area contributed by atoms with Gasteiger partial charge in [-0.05, 0) is 36.3 Å². The number of ether oxygens (including phenoxy) is 1. The molecule has 7 heteroatoms. The molecule has 0 atom stereocenters. The summed E-state index contributed by atoms with van der Waals surface area (Å²) < 4.78 is 8.27. The Hall–Kier alpha value is -3.32. The van der Waals surface area contributed by atoms with E-state index in [0.29, 0.717) is 18.9 Å². The molecular formula is C27H28N4O2S. The Morgan fingerprint density at radius 1 is 0.882 bits per heavy atom. The standard InChI is InChI=1S/C27H28N4O2S/c32-26(30-16-7-2-8-17-30)20-34-27-29-28-25(31(27)18-21-10-3-1-4-11-21)19-33-24-15-9-13-22-12-5-6-14-23(22)24/h1,3-6,9-15H,2,7-8,16-20H2. The molecule has 6 nitrogen and oxygen atoms in total. The summed E-state index contributed by atoms with van der Waals surface area (Å²) >= 11 is 1.46. The Balaban J connectivity index is 1.34. The van der Waals surface area contributed by atoms with E-state index in [1.807, 2.05) is 47.4 Å². The molecule has 2 heterocycles. The number of piperidine rings is 1. The second-order valence-corrected chi connectivity index (χ2v) is 9.41. The average Bonchev–Trinajstić information content (AvgIpc) is 3.28. The van der Waals surface area contributed by atoms with Gasteiger partial charge in [-0.2, -0.15) is 0 Å². The van der Waals surface area contributed by atoms with Gasteiger partial charge < -0.3 is 9.64 Å². The number of amides is 1. The highest BCUT2D eigenvalue weighted by atomic mass is 32.2. The largest absolute Gasteiger partial charge is 0.485 e. The Morgan fingerprint density at radius 3 is 2.50 bits per heavy atom. The molecule has 4 aromatic rings. The normalized spacial score (nSPS) is 13.8. The minimum absolute atomic E-state index is 0.174. The van der Waals surface area contributed by atoms with Crippen molar-refractivity contribution in [2.24, 2.45) is 0 Å². The topological polar surface area (TPSA) is 60.2 Å². The van der Waals surface area contributed by atoms with Crippen LogP contribution in [0.1, 0.15) is 30.7 Å². The fourth-order valence-corrected chi connectivity index (χ4v) is 5.14. The van der Waals surface area contributed by atoms with Crippen LogP contribution in [0.2, 0.25) is 0 Å². The van der Waals surface area contributed by atoms with Crippen molar-refractivity contribution in [2.75, 3.05) is 18.8 Å². The number of hydrogen-bond acceptors (Lipinski definition) is 5. The number of nitrogens with zero attached hydrogens (tertiary/aromatic N) is 4. The van der Waals surface area contributed by atoms with E-state index in [0.717, 1.165) is 59.0 Å². The highest BCUT2D eigenvalue weighted by Gasteiger charge is 2.20. The molecule has 0 N–H and O–H groups in total. The van der Waals surface area contributed by atoms with Gasteiger partial charge in [-0.3, -0.25) is 9.36 Å². The zero-order valence-electron chi connectivity index (χ0n) is 19.1. The lowest BCUT2D eigenvalue weighted by Crippen LogP contribution is -2.36. The number of aromatic nitrogens is 3. The van der Waals surface area contributed by atoms with Crippen LogP contribution in [-0.4, -0.2) is 44.4 Å². The van der Waals surface area contributed by atoms with Gasteiger partial charge in [0.15, 0.2) is 11.0 Å². The van der Waals surface area contributed by atoms with Crippen LogP contribution in [0.15, 0.2) is 78.0 Å². The molecule has 1 saturated heterocycles. The number of hydrogen-bond donors (Lipinski definition) is 0. The maximum atomic E-state index is 12.7. The molecule has 0 saturated carbocycles. The van der Waals surface area contributed by atoms with Gasteiger partial charge in [0.1, 0.15) is 12.4 Å². The summed E-state index contributed by atoms with van der Waals surface area (Å²) in [4.78, 5) is 14.7. The Labute approximate surface area is 203 Å². The number of benzene rings is 3. The summed E-state index contributed by atoms with van der Waals surface area (Å²) in [6.07, 6.45) is 3.40. The van der Waals surface area contributed by atoms with Crippen molar-refractivity contribution < 1.29 is 9.53 Å². The molecule has 0 radical (unpaired) electrons. The van der Waals surface area contributed by atoms with Gasteiger partial charge in [-0.15, -0.1) is 10.2 Å². The van der Waals surface area contributed by atoms with E-state index in [9.17, 15) is 4.79 Å². The zero-order chi connectivity index (χ0) is 23.2. The molecule has 174 valence electrons. The first kappa shape index (κ1) is 22.5. The smallest absolute Gasteiger partial charge is 0.233 e. The van der Waals surface area contributed by atoms with E-state index in [1.54, 1.807) is 0 Å². The van der Waals surface area contributed by atoms with Crippen molar-refractivity contribution in [1.29, 1.82) is 0 Å². The van der Waals surface area contributed by atoms with E-state index >= 15 is 0 Å². The highest BCUT2D eigenvalue weighted by Crippen LogP contribution is 2.27. The molecule has 1 fully saturated rings. The van der Waals surface area contributed by atoms with Gasteiger partial charge >= 0.3 is 0 Å². The van der Waals surface area contributed by atoms with Crippen molar-refractivity contribution >= 4 is 28.4 Å². The van der Waals surface area contributed by atoms with Crippen LogP contribution in [-0.2, 0) is 17.9 Å². The predicted molar refractivity (Wildman–Crippen MR) is 135 cm³/mol. The van der Waals surface area contributed by atoms with E-state index in [-0.39, 0.29) is 5.91 Å². The monoisotopic (exact) mass is 472 g/mol. The summed E-state index contributed by atoms with van der Waals surface area (Å²) in [7, 11) is 0. The molecule has 34 heavy (non-hydrogen) atoms. The average molecular weight is 473 g/mol. The van der Waals surface area contributed by atoms with Gasteiger partial charge in [0.25, 0.3) is 0 Å². The molecule has 0 bridgehead atoms. The van der Waals surface area contributed by atoms with E-state index in [1.165, 1.54) is 18.2 Å². The summed E-state index contributed by atoms with van der Waals surface area (Å²) in [6.45, 7) is 2.65. The zero-order valence-corrected chi connectivity index (χ0v) is 19.9. The second kappa shape index (κ2) is 10.7. The number of carbonyl (C=O) groups excluding carboxylic acids is 1. The van der Waals surface area contributed by atoms with Gasteiger partial charge in [0, 0.05) is 18.5 Å². The maximum absolute atomic E-state index is 12.7. The quantitative estimate of drug-likeness (QED) is 0.332. The Kier molecular flexibility index (Phi) is 7.10. The molecule has 5 rings (SSSR count). The number of rotatable bonds is 8. The summed E-state index contributed by atoms with van der Waals surface area (Å²) in [5.74, 6) is 2.11. The molecular weight excluding hydrogens is 444 g/mol. The Morgan fingerprint density at radius 2 is 1.65 bits per heavy atom. The van der Waals surface area contributed by atoms with Crippen LogP contribution in [0, 0.1) is 0 Å². The first-order chi connectivity index (χ1) is 16.8. The van der Waals surface area contributed by atoms with Crippen molar-refractivity contribution in [1.82, 2.24) is 19.7 Å². The van der Waals surface area contributed by atoms with E-state index < -0.39 is 0 Å². The third-order valence-electron chi connectivity index (χ3n) is 6.12. The fraction of sp³-hybridized carbons (Fsp3) is 0.296. The molecule has 1 aromatic heterocycles. The molecule has 1 amide bonds. The van der Waals surface area contributed by atoms with Crippen molar-refractivity contribution in [3.05, 3.63) is 84.2 Å². The maximum Gasteiger partial charge on any atom is 0.233 e. The van der Waals surface area contributed by atoms with Crippen LogP contribution in [0.5, 0.6) is 5.75 Å². The molecule has 0 aliphatic carbocycles. The third-order valence-corrected chi connectivity index (χ3v) is 7.07. The van der Waals surface area contributed by atoms with Crippen molar-refractivity contribution in [3.8, 4) is 5.75 Å². The second-order valence-electron chi connectivity index (χ2n) is 8.47. The Bertz CT molecular complexity index is 1250. The molecule has 0 unspecified atom stereocenters. The minimum Gasteiger partial charge on any atom is -0.485 e. The summed E-state index contributed by atoms with van der Waals surface area (Å²) in [5, 5.41) is 11.8. The molecule has 0 spiro atoms. The van der Waals surface area contributed by atoms with Gasteiger partial charge in [0.05, 0.1) is 12.3 Å². The lowest BCUT2D eigenvalue weighted by Gasteiger charge is -2.26. The molecule has 3 aromatic carbocycles. The first-order valence-electron chi connectivity index (χ1n) is 11.7. The third kappa shape index (κ3) is 5.25. The first-order valence-corrected chi connectivity index (χ1v) is 12.7. The van der Waals surface area contributed by atoms with E-state index in [2.05, 4.69) is 45.1 Å². The number of likely N-dealkylation sites (tertiary alicyclic amines) is 1. The number of thioether (sulfide) groups is 1. The van der Waals surface area contributed by atoms with Crippen LogP contribution >= 0.6 is 11.8 Å². The lowest BCUT2D eigenvalue weighted by molar-refractivity contribution is -0.129. The minimum atomic E-state index is 0.174.